The minimum atomic E-state index is -0.473. The number of aromatic nitrogens is 1. The van der Waals surface area contributed by atoms with Gasteiger partial charge in [0.05, 0.1) is 11.8 Å². The summed E-state index contributed by atoms with van der Waals surface area (Å²) in [6.45, 7) is 0. The number of esters is 1. The number of carbonyl (C=O) groups is 1. The van der Waals surface area contributed by atoms with Crippen LogP contribution in [0.3, 0.4) is 0 Å². The van der Waals surface area contributed by atoms with Crippen LogP contribution in [0.15, 0.2) is 48.7 Å². The number of rotatable bonds is 2. The van der Waals surface area contributed by atoms with Gasteiger partial charge in [0.15, 0.2) is 0 Å². The molecule has 2 aromatic rings. The van der Waals surface area contributed by atoms with E-state index >= 15 is 0 Å². The van der Waals surface area contributed by atoms with Gasteiger partial charge in [0.25, 0.3) is 0 Å². The summed E-state index contributed by atoms with van der Waals surface area (Å²) < 4.78 is 4.99. The first kappa shape index (κ1) is 10.2. The number of hydrogen-bond acceptors (Lipinski definition) is 4. The van der Waals surface area contributed by atoms with E-state index in [2.05, 4.69) is 4.98 Å². The average Bonchev–Trinajstić information content (AvgIpc) is 2.33. The van der Waals surface area contributed by atoms with Crippen LogP contribution in [0.2, 0.25) is 0 Å². The van der Waals surface area contributed by atoms with Gasteiger partial charge in [-0.1, -0.05) is 18.2 Å². The Bertz CT molecular complexity index is 479. The molecule has 0 atom stereocenters. The van der Waals surface area contributed by atoms with Crippen molar-refractivity contribution < 1.29 is 14.6 Å². The highest BCUT2D eigenvalue weighted by Crippen LogP contribution is 2.13. The zero-order valence-electron chi connectivity index (χ0n) is 8.33. The molecular formula is C12H9NO3. The van der Waals surface area contributed by atoms with Crippen molar-refractivity contribution in [1.29, 1.82) is 0 Å². The van der Waals surface area contributed by atoms with Gasteiger partial charge in [-0.3, -0.25) is 0 Å². The molecule has 0 aliphatic carbocycles. The highest BCUT2D eigenvalue weighted by Gasteiger charge is 2.07. The van der Waals surface area contributed by atoms with Crippen LogP contribution in [0, 0.1) is 0 Å². The maximum absolute atomic E-state index is 11.6. The SMILES string of the molecule is O=C(Oc1ccc(O)cn1)c1ccccc1. The number of carbonyl (C=O) groups excluding carboxylic acids is 1. The molecule has 4 heteroatoms. The molecule has 1 heterocycles. The minimum absolute atomic E-state index is 0.0273. The molecule has 0 saturated heterocycles. The largest absolute Gasteiger partial charge is 0.506 e. The molecule has 4 nitrogen and oxygen atoms in total. The normalized spacial score (nSPS) is 9.75. The third-order valence-electron chi connectivity index (χ3n) is 1.93. The molecule has 0 unspecified atom stereocenters. The third-order valence-corrected chi connectivity index (χ3v) is 1.93. The molecule has 0 radical (unpaired) electrons. The predicted molar refractivity (Wildman–Crippen MR) is 57.3 cm³/mol. The van der Waals surface area contributed by atoms with Crippen LogP contribution in [-0.4, -0.2) is 16.1 Å². The number of aromatic hydroxyl groups is 1. The maximum atomic E-state index is 11.6. The third kappa shape index (κ3) is 2.36. The topological polar surface area (TPSA) is 59.4 Å². The van der Waals surface area contributed by atoms with E-state index in [-0.39, 0.29) is 11.6 Å². The van der Waals surface area contributed by atoms with Crippen molar-refractivity contribution in [3.8, 4) is 11.6 Å². The number of pyridine rings is 1. The summed E-state index contributed by atoms with van der Waals surface area (Å²) in [5, 5.41) is 9.00. The first-order valence-electron chi connectivity index (χ1n) is 4.68. The summed E-state index contributed by atoms with van der Waals surface area (Å²) in [6, 6.07) is 11.5. The summed E-state index contributed by atoms with van der Waals surface area (Å²) in [7, 11) is 0. The number of benzene rings is 1. The smallest absolute Gasteiger partial charge is 0.344 e. The molecule has 0 bridgehead atoms. The highest BCUT2D eigenvalue weighted by molar-refractivity contribution is 5.90. The summed E-state index contributed by atoms with van der Waals surface area (Å²) in [5.41, 5.74) is 0.456. The van der Waals surface area contributed by atoms with Crippen molar-refractivity contribution in [1.82, 2.24) is 4.98 Å². The van der Waals surface area contributed by atoms with Crippen LogP contribution in [0.5, 0.6) is 11.6 Å². The second-order valence-electron chi connectivity index (χ2n) is 3.11. The van der Waals surface area contributed by atoms with Gasteiger partial charge in [-0.15, -0.1) is 0 Å². The van der Waals surface area contributed by atoms with Crippen LogP contribution in [0.1, 0.15) is 10.4 Å². The van der Waals surface area contributed by atoms with Crippen molar-refractivity contribution in [3.05, 3.63) is 54.2 Å². The van der Waals surface area contributed by atoms with Crippen LogP contribution in [0.25, 0.3) is 0 Å². The summed E-state index contributed by atoms with van der Waals surface area (Å²) in [5.74, 6) is -0.287. The van der Waals surface area contributed by atoms with E-state index < -0.39 is 5.97 Å². The van der Waals surface area contributed by atoms with Crippen LogP contribution < -0.4 is 4.74 Å². The fraction of sp³-hybridized carbons (Fsp3) is 0. The van der Waals surface area contributed by atoms with Gasteiger partial charge in [-0.25, -0.2) is 9.78 Å². The maximum Gasteiger partial charge on any atom is 0.344 e. The summed E-state index contributed by atoms with van der Waals surface area (Å²) >= 11 is 0. The Labute approximate surface area is 92.1 Å². The average molecular weight is 215 g/mol. The summed E-state index contributed by atoms with van der Waals surface area (Å²) in [4.78, 5) is 15.3. The van der Waals surface area contributed by atoms with Crippen LogP contribution in [-0.2, 0) is 0 Å². The van der Waals surface area contributed by atoms with E-state index in [1.165, 1.54) is 18.3 Å². The fourth-order valence-corrected chi connectivity index (χ4v) is 1.16. The van der Waals surface area contributed by atoms with Gasteiger partial charge in [-0.05, 0) is 18.2 Å². The van der Waals surface area contributed by atoms with E-state index in [0.29, 0.717) is 5.56 Å². The zero-order chi connectivity index (χ0) is 11.4. The molecule has 1 aromatic heterocycles. The van der Waals surface area contributed by atoms with Gasteiger partial charge in [0, 0.05) is 6.07 Å². The zero-order valence-corrected chi connectivity index (χ0v) is 8.33. The lowest BCUT2D eigenvalue weighted by molar-refractivity contribution is 0.0727. The van der Waals surface area contributed by atoms with Crippen molar-refractivity contribution in [3.63, 3.8) is 0 Å². The Morgan fingerprint density at radius 1 is 1.12 bits per heavy atom. The molecule has 80 valence electrons. The van der Waals surface area contributed by atoms with Gasteiger partial charge < -0.3 is 9.84 Å². The molecule has 1 aromatic carbocycles. The Hall–Kier alpha value is -2.36. The van der Waals surface area contributed by atoms with E-state index in [0.717, 1.165) is 0 Å². The molecule has 0 fully saturated rings. The van der Waals surface area contributed by atoms with Gasteiger partial charge in [0.1, 0.15) is 5.75 Å². The fourth-order valence-electron chi connectivity index (χ4n) is 1.16. The number of hydrogen-bond donors (Lipinski definition) is 1. The molecular weight excluding hydrogens is 206 g/mol. The molecule has 1 N–H and O–H groups in total. The first-order valence-corrected chi connectivity index (χ1v) is 4.68. The Balaban J connectivity index is 2.11. The number of ether oxygens (including phenoxy) is 1. The molecule has 0 aliphatic heterocycles. The van der Waals surface area contributed by atoms with Crippen molar-refractivity contribution >= 4 is 5.97 Å². The Morgan fingerprint density at radius 3 is 2.50 bits per heavy atom. The molecule has 0 aliphatic rings. The Kier molecular flexibility index (Phi) is 2.82. The predicted octanol–water partition coefficient (Wildman–Crippen LogP) is 2.01. The molecule has 0 saturated carbocycles. The van der Waals surface area contributed by atoms with Gasteiger partial charge >= 0.3 is 5.97 Å². The quantitative estimate of drug-likeness (QED) is 0.778. The summed E-state index contributed by atoms with van der Waals surface area (Å²) in [6.07, 6.45) is 1.22. The number of nitrogens with zero attached hydrogens (tertiary/aromatic N) is 1. The van der Waals surface area contributed by atoms with Gasteiger partial charge in [-0.2, -0.15) is 0 Å². The Morgan fingerprint density at radius 2 is 1.88 bits per heavy atom. The molecule has 0 spiro atoms. The van der Waals surface area contributed by atoms with Crippen molar-refractivity contribution in [2.75, 3.05) is 0 Å². The van der Waals surface area contributed by atoms with E-state index in [1.807, 2.05) is 6.07 Å². The van der Waals surface area contributed by atoms with Crippen molar-refractivity contribution in [2.24, 2.45) is 0 Å². The lowest BCUT2D eigenvalue weighted by Gasteiger charge is -2.02. The molecule has 16 heavy (non-hydrogen) atoms. The van der Waals surface area contributed by atoms with Crippen LogP contribution in [0.4, 0.5) is 0 Å². The standard InChI is InChI=1S/C12H9NO3/c14-10-6-7-11(13-8-10)16-12(15)9-4-2-1-3-5-9/h1-8,14H. The second kappa shape index (κ2) is 4.44. The lowest BCUT2D eigenvalue weighted by Crippen LogP contribution is -2.08. The van der Waals surface area contributed by atoms with E-state index in [1.54, 1.807) is 24.3 Å². The van der Waals surface area contributed by atoms with E-state index in [4.69, 9.17) is 9.84 Å². The molecule has 0 amide bonds. The monoisotopic (exact) mass is 215 g/mol. The lowest BCUT2D eigenvalue weighted by atomic mass is 10.2. The van der Waals surface area contributed by atoms with Gasteiger partial charge in [0.2, 0.25) is 5.88 Å². The minimum Gasteiger partial charge on any atom is -0.506 e. The molecule has 2 rings (SSSR count). The highest BCUT2D eigenvalue weighted by atomic mass is 16.5. The van der Waals surface area contributed by atoms with Crippen molar-refractivity contribution in [2.45, 2.75) is 0 Å². The first-order chi connectivity index (χ1) is 7.75. The second-order valence-corrected chi connectivity index (χ2v) is 3.11. The van der Waals surface area contributed by atoms with E-state index in [9.17, 15) is 4.79 Å². The van der Waals surface area contributed by atoms with Crippen LogP contribution >= 0.6 is 0 Å².